The lowest BCUT2D eigenvalue weighted by molar-refractivity contribution is 0.0645. The highest BCUT2D eigenvalue weighted by Gasteiger charge is 2.31. The summed E-state index contributed by atoms with van der Waals surface area (Å²) in [6, 6.07) is 11.7. The van der Waals surface area contributed by atoms with Crippen LogP contribution in [0.25, 0.3) is 10.8 Å². The van der Waals surface area contributed by atoms with Gasteiger partial charge in [-0.05, 0) is 53.8 Å². The number of aliphatic hydroxyl groups excluding tert-OH is 1. The normalized spacial score (nSPS) is 16.0. The molecule has 0 saturated heterocycles. The van der Waals surface area contributed by atoms with Crippen LogP contribution in [0, 0.1) is 5.92 Å². The summed E-state index contributed by atoms with van der Waals surface area (Å²) in [5.74, 6) is 0.341. The number of amides is 1. The van der Waals surface area contributed by atoms with Gasteiger partial charge in [0.2, 0.25) is 0 Å². The zero-order valence-corrected chi connectivity index (χ0v) is 13.5. The van der Waals surface area contributed by atoms with Gasteiger partial charge in [0.1, 0.15) is 0 Å². The fourth-order valence-electron chi connectivity index (χ4n) is 2.56. The van der Waals surface area contributed by atoms with Crippen LogP contribution in [0.4, 0.5) is 0 Å². The Morgan fingerprint density at radius 3 is 2.67 bits per heavy atom. The van der Waals surface area contributed by atoms with Gasteiger partial charge in [-0.3, -0.25) is 4.79 Å². The molecule has 1 N–H and O–H groups in total. The predicted octanol–water partition coefficient (Wildman–Crippen LogP) is 3.45. The maximum Gasteiger partial charge on any atom is 0.253 e. The van der Waals surface area contributed by atoms with Crippen molar-refractivity contribution in [3.63, 3.8) is 0 Å². The van der Waals surface area contributed by atoms with E-state index in [-0.39, 0.29) is 5.91 Å². The zero-order valence-electron chi connectivity index (χ0n) is 11.9. The largest absolute Gasteiger partial charge is 0.391 e. The van der Waals surface area contributed by atoms with Crippen LogP contribution in [0.2, 0.25) is 0 Å². The Kier molecular flexibility index (Phi) is 4.00. The van der Waals surface area contributed by atoms with Crippen molar-refractivity contribution in [2.24, 2.45) is 5.92 Å². The molecule has 1 saturated carbocycles. The van der Waals surface area contributed by atoms with Crippen molar-refractivity contribution in [2.45, 2.75) is 18.9 Å². The number of aliphatic hydroxyl groups is 1. The van der Waals surface area contributed by atoms with Gasteiger partial charge in [-0.15, -0.1) is 0 Å². The quantitative estimate of drug-likeness (QED) is 0.920. The summed E-state index contributed by atoms with van der Waals surface area (Å²) >= 11 is 3.45. The van der Waals surface area contributed by atoms with Crippen molar-refractivity contribution in [3.8, 4) is 0 Å². The highest BCUT2D eigenvalue weighted by molar-refractivity contribution is 9.10. The average Bonchev–Trinajstić information content (AvgIpc) is 3.30. The summed E-state index contributed by atoms with van der Waals surface area (Å²) in [7, 11) is 1.75. The third kappa shape index (κ3) is 3.27. The first-order valence-electron chi connectivity index (χ1n) is 7.17. The molecule has 1 aliphatic rings. The third-order valence-corrected chi connectivity index (χ3v) is 4.52. The lowest BCUT2D eigenvalue weighted by Crippen LogP contribution is -2.35. The van der Waals surface area contributed by atoms with Gasteiger partial charge in [0.15, 0.2) is 0 Å². The average molecular weight is 348 g/mol. The molecule has 1 fully saturated rings. The molecule has 1 amide bonds. The highest BCUT2D eigenvalue weighted by Crippen LogP contribution is 2.32. The Bertz CT molecular complexity index is 682. The second-order valence-corrected chi connectivity index (χ2v) is 6.71. The van der Waals surface area contributed by atoms with Crippen LogP contribution in [0.15, 0.2) is 40.9 Å². The molecular weight excluding hydrogens is 330 g/mol. The Morgan fingerprint density at radius 2 is 1.95 bits per heavy atom. The second kappa shape index (κ2) is 5.78. The van der Waals surface area contributed by atoms with Crippen molar-refractivity contribution in [2.75, 3.05) is 13.6 Å². The molecule has 0 heterocycles. The summed E-state index contributed by atoms with van der Waals surface area (Å²) in [5, 5.41) is 12.1. The molecule has 0 aromatic heterocycles. The first-order valence-corrected chi connectivity index (χ1v) is 7.97. The number of hydrogen-bond acceptors (Lipinski definition) is 2. The molecule has 0 bridgehead atoms. The third-order valence-electron chi connectivity index (χ3n) is 4.02. The number of rotatable bonds is 4. The van der Waals surface area contributed by atoms with Crippen LogP contribution in [0.3, 0.4) is 0 Å². The molecular formula is C17H18BrNO2. The first kappa shape index (κ1) is 14.5. The monoisotopic (exact) mass is 347 g/mol. The van der Waals surface area contributed by atoms with Crippen LogP contribution in [0.5, 0.6) is 0 Å². The Hall–Kier alpha value is -1.39. The van der Waals surface area contributed by atoms with Crippen molar-refractivity contribution in [1.82, 2.24) is 4.90 Å². The smallest absolute Gasteiger partial charge is 0.253 e. The summed E-state index contributed by atoms with van der Waals surface area (Å²) in [6.07, 6.45) is 1.76. The van der Waals surface area contributed by atoms with E-state index in [0.29, 0.717) is 18.0 Å². The number of carbonyl (C=O) groups excluding carboxylic acids is 1. The minimum Gasteiger partial charge on any atom is -0.391 e. The summed E-state index contributed by atoms with van der Waals surface area (Å²) in [5.41, 5.74) is 0.662. The summed E-state index contributed by atoms with van der Waals surface area (Å²) in [4.78, 5) is 14.1. The molecule has 2 aromatic rings. The van der Waals surface area contributed by atoms with Gasteiger partial charge in [0.25, 0.3) is 5.91 Å². The highest BCUT2D eigenvalue weighted by atomic mass is 79.9. The fraction of sp³-hybridized carbons (Fsp3) is 0.353. The number of likely N-dealkylation sites (N-methyl/N-ethyl adjacent to an activating group) is 1. The maximum atomic E-state index is 12.4. The lowest BCUT2D eigenvalue weighted by Gasteiger charge is -2.21. The van der Waals surface area contributed by atoms with Crippen molar-refractivity contribution in [1.29, 1.82) is 0 Å². The van der Waals surface area contributed by atoms with E-state index in [1.807, 2.05) is 36.4 Å². The van der Waals surface area contributed by atoms with Crippen LogP contribution in [-0.4, -0.2) is 35.6 Å². The van der Waals surface area contributed by atoms with Crippen molar-refractivity contribution in [3.05, 3.63) is 46.4 Å². The van der Waals surface area contributed by atoms with E-state index in [4.69, 9.17) is 0 Å². The molecule has 1 unspecified atom stereocenters. The molecule has 0 radical (unpaired) electrons. The van der Waals surface area contributed by atoms with Crippen LogP contribution >= 0.6 is 15.9 Å². The van der Waals surface area contributed by atoms with Gasteiger partial charge in [0.05, 0.1) is 6.10 Å². The van der Waals surface area contributed by atoms with Gasteiger partial charge in [-0.2, -0.15) is 0 Å². The number of hydrogen-bond donors (Lipinski definition) is 1. The molecule has 0 aliphatic heterocycles. The number of fused-ring (bicyclic) bond motifs is 1. The summed E-state index contributed by atoms with van der Waals surface area (Å²) < 4.78 is 1.03. The topological polar surface area (TPSA) is 40.5 Å². The number of nitrogens with zero attached hydrogens (tertiary/aromatic N) is 1. The molecule has 0 spiro atoms. The maximum absolute atomic E-state index is 12.4. The van der Waals surface area contributed by atoms with E-state index in [2.05, 4.69) is 15.9 Å². The first-order chi connectivity index (χ1) is 10.0. The fourth-order valence-corrected chi connectivity index (χ4v) is 2.94. The molecule has 2 aromatic carbocycles. The number of halogens is 1. The van der Waals surface area contributed by atoms with Crippen LogP contribution in [0.1, 0.15) is 23.2 Å². The standard InChI is InChI=1S/C17H18BrNO2/c1-19(10-16(20)11-2-3-11)17(21)14-5-4-13-9-15(18)7-6-12(13)8-14/h4-9,11,16,20H,2-3,10H2,1H3. The van der Waals surface area contributed by atoms with Crippen molar-refractivity contribution < 1.29 is 9.90 Å². The van der Waals surface area contributed by atoms with Crippen LogP contribution < -0.4 is 0 Å². The zero-order chi connectivity index (χ0) is 15.0. The van der Waals surface area contributed by atoms with Gasteiger partial charge in [-0.1, -0.05) is 28.1 Å². The Labute approximate surface area is 132 Å². The molecule has 110 valence electrons. The van der Waals surface area contributed by atoms with E-state index in [1.165, 1.54) is 0 Å². The molecule has 1 atom stereocenters. The summed E-state index contributed by atoms with van der Waals surface area (Å²) in [6.45, 7) is 0.405. The molecule has 4 heteroatoms. The molecule has 3 nitrogen and oxygen atoms in total. The van der Waals surface area contributed by atoms with Gasteiger partial charge in [-0.25, -0.2) is 0 Å². The SMILES string of the molecule is CN(CC(O)C1CC1)C(=O)c1ccc2cc(Br)ccc2c1. The van der Waals surface area contributed by atoms with Gasteiger partial charge >= 0.3 is 0 Å². The van der Waals surface area contributed by atoms with Crippen LogP contribution in [-0.2, 0) is 0 Å². The number of carbonyl (C=O) groups is 1. The second-order valence-electron chi connectivity index (χ2n) is 5.80. The Balaban J connectivity index is 1.78. The predicted molar refractivity (Wildman–Crippen MR) is 87.3 cm³/mol. The van der Waals surface area contributed by atoms with Gasteiger partial charge < -0.3 is 10.0 Å². The van der Waals surface area contributed by atoms with E-state index < -0.39 is 6.10 Å². The van der Waals surface area contributed by atoms with E-state index in [0.717, 1.165) is 28.1 Å². The van der Waals surface area contributed by atoms with Crippen molar-refractivity contribution >= 4 is 32.6 Å². The van der Waals surface area contributed by atoms with E-state index in [1.54, 1.807) is 11.9 Å². The molecule has 21 heavy (non-hydrogen) atoms. The van der Waals surface area contributed by atoms with E-state index >= 15 is 0 Å². The molecule has 3 rings (SSSR count). The minimum absolute atomic E-state index is 0.0421. The van der Waals surface area contributed by atoms with Gasteiger partial charge in [0, 0.05) is 23.6 Å². The molecule has 1 aliphatic carbocycles. The van der Waals surface area contributed by atoms with E-state index in [9.17, 15) is 9.90 Å². The lowest BCUT2D eigenvalue weighted by atomic mass is 10.1. The minimum atomic E-state index is -0.393. The Morgan fingerprint density at radius 1 is 1.29 bits per heavy atom. The number of benzene rings is 2.